The van der Waals surface area contributed by atoms with Crippen molar-refractivity contribution in [2.45, 2.75) is 70.4 Å². The molecular formula is C27H33N5O3. The fraction of sp³-hybridized carbons (Fsp3) is 0.481. The lowest BCUT2D eigenvalue weighted by molar-refractivity contribution is -0.122. The smallest absolute Gasteiger partial charge is 0.356 e. The number of pyridine rings is 2. The Bertz CT molecular complexity index is 1200. The van der Waals surface area contributed by atoms with E-state index in [9.17, 15) is 9.59 Å². The zero-order valence-corrected chi connectivity index (χ0v) is 20.3. The molecule has 0 saturated heterocycles. The standard InChI is InChI=1S/C27H33N5O3/c1-35-27(34)24-23(31-26(33)18-8-7-9-18)22-16-21(30-20-11-3-2-4-12-20)17-29-25(22)32(24)15-13-19-10-5-6-14-28-19/h5-6,10,14,16-18,20,30H,2-4,7-9,11-13,15H2,1H3,(H,31,33). The topological polar surface area (TPSA) is 98.1 Å². The maximum absolute atomic E-state index is 13.0. The van der Waals surface area contributed by atoms with Crippen molar-refractivity contribution in [3.05, 3.63) is 48.0 Å². The molecular weight excluding hydrogens is 442 g/mol. The average Bonchev–Trinajstić information content (AvgIpc) is 3.15. The molecule has 0 radical (unpaired) electrons. The molecule has 3 aromatic rings. The van der Waals surface area contributed by atoms with Gasteiger partial charge in [0, 0.05) is 42.2 Å². The summed E-state index contributed by atoms with van der Waals surface area (Å²) in [5.74, 6) is -0.547. The zero-order valence-electron chi connectivity index (χ0n) is 20.3. The Balaban J connectivity index is 1.55. The number of amides is 1. The molecule has 35 heavy (non-hydrogen) atoms. The molecule has 0 bridgehead atoms. The second-order valence-corrected chi connectivity index (χ2v) is 9.63. The van der Waals surface area contributed by atoms with Gasteiger partial charge in [0.25, 0.3) is 0 Å². The number of ether oxygens (including phenoxy) is 1. The van der Waals surface area contributed by atoms with E-state index in [2.05, 4.69) is 15.6 Å². The Morgan fingerprint density at radius 2 is 1.91 bits per heavy atom. The Morgan fingerprint density at radius 1 is 1.09 bits per heavy atom. The molecule has 3 heterocycles. The number of hydrogen-bond donors (Lipinski definition) is 2. The highest BCUT2D eigenvalue weighted by Gasteiger charge is 2.30. The highest BCUT2D eigenvalue weighted by molar-refractivity contribution is 6.11. The first-order valence-electron chi connectivity index (χ1n) is 12.7. The summed E-state index contributed by atoms with van der Waals surface area (Å²) in [5, 5.41) is 7.44. The molecule has 8 nitrogen and oxygen atoms in total. The molecule has 2 aliphatic rings. The van der Waals surface area contributed by atoms with Gasteiger partial charge in [-0.05, 0) is 43.9 Å². The van der Waals surface area contributed by atoms with Crippen molar-refractivity contribution < 1.29 is 14.3 Å². The molecule has 0 unspecified atom stereocenters. The van der Waals surface area contributed by atoms with Gasteiger partial charge >= 0.3 is 5.97 Å². The number of aryl methyl sites for hydroxylation is 2. The van der Waals surface area contributed by atoms with Crippen LogP contribution in [0.5, 0.6) is 0 Å². The van der Waals surface area contributed by atoms with Crippen LogP contribution >= 0.6 is 0 Å². The van der Waals surface area contributed by atoms with Crippen LogP contribution in [0.25, 0.3) is 11.0 Å². The monoisotopic (exact) mass is 475 g/mol. The number of nitrogens with one attached hydrogen (secondary N) is 2. The quantitative estimate of drug-likeness (QED) is 0.448. The molecule has 1 amide bonds. The number of methoxy groups -OCH3 is 1. The predicted molar refractivity (Wildman–Crippen MR) is 135 cm³/mol. The number of esters is 1. The second-order valence-electron chi connectivity index (χ2n) is 9.63. The number of hydrogen-bond acceptors (Lipinski definition) is 6. The molecule has 0 aliphatic heterocycles. The van der Waals surface area contributed by atoms with Gasteiger partial charge in [-0.2, -0.15) is 0 Å². The normalized spacial score (nSPS) is 16.6. The zero-order chi connectivity index (χ0) is 24.2. The molecule has 3 aromatic heterocycles. The lowest BCUT2D eigenvalue weighted by Gasteiger charge is -2.24. The number of fused-ring (bicyclic) bond motifs is 1. The van der Waals surface area contributed by atoms with E-state index in [1.165, 1.54) is 26.4 Å². The van der Waals surface area contributed by atoms with Crippen LogP contribution in [-0.4, -0.2) is 39.6 Å². The van der Waals surface area contributed by atoms with Gasteiger partial charge in [-0.25, -0.2) is 9.78 Å². The van der Waals surface area contributed by atoms with Gasteiger partial charge in [0.1, 0.15) is 5.65 Å². The van der Waals surface area contributed by atoms with Crippen molar-refractivity contribution in [2.24, 2.45) is 5.92 Å². The number of aromatic nitrogens is 3. The van der Waals surface area contributed by atoms with Crippen molar-refractivity contribution in [3.8, 4) is 0 Å². The fourth-order valence-electron chi connectivity index (χ4n) is 5.11. The maximum Gasteiger partial charge on any atom is 0.356 e. The maximum atomic E-state index is 13.0. The molecule has 0 aromatic carbocycles. The van der Waals surface area contributed by atoms with Crippen LogP contribution in [0.3, 0.4) is 0 Å². The molecule has 0 spiro atoms. The summed E-state index contributed by atoms with van der Waals surface area (Å²) in [4.78, 5) is 35.2. The van der Waals surface area contributed by atoms with E-state index in [1.54, 1.807) is 6.20 Å². The van der Waals surface area contributed by atoms with Gasteiger partial charge in [-0.15, -0.1) is 0 Å². The third-order valence-corrected chi connectivity index (χ3v) is 7.29. The minimum Gasteiger partial charge on any atom is -0.464 e. The van der Waals surface area contributed by atoms with E-state index in [4.69, 9.17) is 9.72 Å². The Morgan fingerprint density at radius 3 is 2.60 bits per heavy atom. The van der Waals surface area contributed by atoms with Crippen LogP contribution in [0.4, 0.5) is 11.4 Å². The van der Waals surface area contributed by atoms with Gasteiger partial charge in [0.2, 0.25) is 5.91 Å². The summed E-state index contributed by atoms with van der Waals surface area (Å²) < 4.78 is 7.02. The van der Waals surface area contributed by atoms with Gasteiger partial charge in [-0.1, -0.05) is 31.7 Å². The Labute approximate surface area is 205 Å². The largest absolute Gasteiger partial charge is 0.464 e. The summed E-state index contributed by atoms with van der Waals surface area (Å²) in [5.41, 5.74) is 3.29. The first-order valence-corrected chi connectivity index (χ1v) is 12.7. The van der Waals surface area contributed by atoms with E-state index in [1.807, 2.05) is 35.0 Å². The number of carbonyl (C=O) groups is 2. The summed E-state index contributed by atoms with van der Waals surface area (Å²) in [6, 6.07) is 8.22. The van der Waals surface area contributed by atoms with E-state index < -0.39 is 5.97 Å². The van der Waals surface area contributed by atoms with Crippen molar-refractivity contribution in [1.82, 2.24) is 14.5 Å². The first kappa shape index (κ1) is 23.3. The van der Waals surface area contributed by atoms with Gasteiger partial charge in [0.05, 0.1) is 24.7 Å². The van der Waals surface area contributed by atoms with E-state index in [0.717, 1.165) is 48.9 Å². The summed E-state index contributed by atoms with van der Waals surface area (Å²) in [7, 11) is 1.37. The summed E-state index contributed by atoms with van der Waals surface area (Å²) in [6.45, 7) is 0.486. The number of nitrogens with zero attached hydrogens (tertiary/aromatic N) is 3. The molecule has 184 valence electrons. The van der Waals surface area contributed by atoms with Gasteiger partial charge in [0.15, 0.2) is 5.69 Å². The minimum absolute atomic E-state index is 0.0103. The molecule has 5 rings (SSSR count). The molecule has 2 aliphatic carbocycles. The Hall–Kier alpha value is -3.42. The third kappa shape index (κ3) is 5.01. The van der Waals surface area contributed by atoms with Crippen LogP contribution in [0, 0.1) is 5.92 Å². The number of carbonyl (C=O) groups excluding carboxylic acids is 2. The molecule has 2 saturated carbocycles. The minimum atomic E-state index is -0.491. The average molecular weight is 476 g/mol. The lowest BCUT2D eigenvalue weighted by atomic mass is 9.85. The van der Waals surface area contributed by atoms with E-state index in [-0.39, 0.29) is 11.8 Å². The van der Waals surface area contributed by atoms with E-state index >= 15 is 0 Å². The van der Waals surface area contributed by atoms with Crippen LogP contribution in [0.15, 0.2) is 36.7 Å². The van der Waals surface area contributed by atoms with Crippen molar-refractivity contribution in [3.63, 3.8) is 0 Å². The van der Waals surface area contributed by atoms with E-state index in [0.29, 0.717) is 36.0 Å². The number of rotatable bonds is 8. The third-order valence-electron chi connectivity index (χ3n) is 7.29. The summed E-state index contributed by atoms with van der Waals surface area (Å²) in [6.07, 6.45) is 13.0. The van der Waals surface area contributed by atoms with Crippen molar-refractivity contribution >= 4 is 34.3 Å². The SMILES string of the molecule is COC(=O)c1c(NC(=O)C2CCC2)c2cc(NC3CCCCC3)cnc2n1CCc1ccccn1. The Kier molecular flexibility index (Phi) is 6.97. The second kappa shape index (κ2) is 10.5. The molecule has 2 N–H and O–H groups in total. The van der Waals surface area contributed by atoms with Crippen LogP contribution in [-0.2, 0) is 22.5 Å². The molecule has 8 heteroatoms. The first-order chi connectivity index (χ1) is 17.1. The van der Waals surface area contributed by atoms with Crippen LogP contribution in [0.1, 0.15) is 67.5 Å². The predicted octanol–water partition coefficient (Wildman–Crippen LogP) is 4.94. The highest BCUT2D eigenvalue weighted by Crippen LogP contribution is 2.35. The van der Waals surface area contributed by atoms with Crippen LogP contribution < -0.4 is 10.6 Å². The van der Waals surface area contributed by atoms with Gasteiger partial charge < -0.3 is 19.9 Å². The van der Waals surface area contributed by atoms with Crippen molar-refractivity contribution in [2.75, 3.05) is 17.7 Å². The van der Waals surface area contributed by atoms with Crippen LogP contribution in [0.2, 0.25) is 0 Å². The highest BCUT2D eigenvalue weighted by atomic mass is 16.5. The molecule has 2 fully saturated rings. The summed E-state index contributed by atoms with van der Waals surface area (Å²) >= 11 is 0. The van der Waals surface area contributed by atoms with Crippen molar-refractivity contribution in [1.29, 1.82) is 0 Å². The molecule has 0 atom stereocenters. The lowest BCUT2D eigenvalue weighted by Crippen LogP contribution is -2.29. The number of anilines is 2. The van der Waals surface area contributed by atoms with Gasteiger partial charge in [-0.3, -0.25) is 9.78 Å². The fourth-order valence-corrected chi connectivity index (χ4v) is 5.11.